The summed E-state index contributed by atoms with van der Waals surface area (Å²) in [6, 6.07) is 9.15. The van der Waals surface area contributed by atoms with Gasteiger partial charge >= 0.3 is 0 Å². The molecule has 2 heterocycles. The number of piperidine rings is 2. The summed E-state index contributed by atoms with van der Waals surface area (Å²) in [5.41, 5.74) is 1.25. The van der Waals surface area contributed by atoms with Gasteiger partial charge in [-0.25, -0.2) is 0 Å². The molecular formula is C17H25NO. The lowest BCUT2D eigenvalue weighted by molar-refractivity contribution is 0.0365. The zero-order chi connectivity index (χ0) is 13.1. The van der Waals surface area contributed by atoms with Gasteiger partial charge in [-0.15, -0.1) is 0 Å². The summed E-state index contributed by atoms with van der Waals surface area (Å²) in [5, 5.41) is 0. The van der Waals surface area contributed by atoms with Gasteiger partial charge in [-0.1, -0.05) is 24.6 Å². The van der Waals surface area contributed by atoms with E-state index < -0.39 is 0 Å². The summed E-state index contributed by atoms with van der Waals surface area (Å²) in [4.78, 5) is 2.71. The van der Waals surface area contributed by atoms with Crippen molar-refractivity contribution < 1.29 is 4.74 Å². The predicted octanol–water partition coefficient (Wildman–Crippen LogP) is 3.64. The van der Waals surface area contributed by atoms with Crippen LogP contribution in [0.3, 0.4) is 0 Å². The Hall–Kier alpha value is -1.02. The second-order valence-corrected chi connectivity index (χ2v) is 6.08. The molecule has 104 valence electrons. The Morgan fingerprint density at radius 3 is 2.84 bits per heavy atom. The standard InChI is InChI=1S/C17H25NO/c1-14-7-2-3-10-17(14)19-13-15-8-6-12-18-11-5-4-9-16(15)18/h2-3,7,10,15-16H,4-6,8-9,11-13H2,1H3/t15-,16+/m0/s1. The first-order chi connectivity index (χ1) is 9.34. The zero-order valence-electron chi connectivity index (χ0n) is 12.0. The molecule has 2 heteroatoms. The molecule has 2 nitrogen and oxygen atoms in total. The molecule has 0 radical (unpaired) electrons. The van der Waals surface area contributed by atoms with Gasteiger partial charge in [0.05, 0.1) is 6.61 Å². The third-order valence-electron chi connectivity index (χ3n) is 4.78. The van der Waals surface area contributed by atoms with Crippen LogP contribution in [0.2, 0.25) is 0 Å². The fourth-order valence-electron chi connectivity index (χ4n) is 3.69. The summed E-state index contributed by atoms with van der Waals surface area (Å²) < 4.78 is 6.10. The fraction of sp³-hybridized carbons (Fsp3) is 0.647. The van der Waals surface area contributed by atoms with Crippen LogP contribution in [-0.4, -0.2) is 30.6 Å². The lowest BCUT2D eigenvalue weighted by atomic mass is 9.84. The lowest BCUT2D eigenvalue weighted by Gasteiger charge is -2.44. The number of benzene rings is 1. The first-order valence-electron chi connectivity index (χ1n) is 7.77. The second kappa shape index (κ2) is 5.96. The molecule has 0 saturated carbocycles. The van der Waals surface area contributed by atoms with Gasteiger partial charge in [0.25, 0.3) is 0 Å². The van der Waals surface area contributed by atoms with Crippen LogP contribution in [0.1, 0.15) is 37.7 Å². The van der Waals surface area contributed by atoms with Crippen LogP contribution < -0.4 is 4.74 Å². The van der Waals surface area contributed by atoms with Crippen molar-refractivity contribution in [2.45, 2.75) is 45.1 Å². The highest BCUT2D eigenvalue weighted by atomic mass is 16.5. The minimum absolute atomic E-state index is 0.730. The Balaban J connectivity index is 1.61. The van der Waals surface area contributed by atoms with Gasteiger partial charge in [0.15, 0.2) is 0 Å². The van der Waals surface area contributed by atoms with Gasteiger partial charge in [-0.3, -0.25) is 4.90 Å². The molecule has 0 bridgehead atoms. The average Bonchev–Trinajstić information content (AvgIpc) is 2.46. The Labute approximate surface area is 116 Å². The van der Waals surface area contributed by atoms with E-state index in [2.05, 4.69) is 36.1 Å². The van der Waals surface area contributed by atoms with Gasteiger partial charge in [0, 0.05) is 12.0 Å². The van der Waals surface area contributed by atoms with Gasteiger partial charge in [-0.05, 0) is 57.3 Å². The van der Waals surface area contributed by atoms with Crippen molar-refractivity contribution in [3.05, 3.63) is 29.8 Å². The van der Waals surface area contributed by atoms with E-state index in [0.717, 1.165) is 24.3 Å². The van der Waals surface area contributed by atoms with E-state index in [1.54, 1.807) is 0 Å². The van der Waals surface area contributed by atoms with Crippen molar-refractivity contribution in [2.24, 2.45) is 5.92 Å². The molecule has 19 heavy (non-hydrogen) atoms. The number of rotatable bonds is 3. The normalized spacial score (nSPS) is 27.8. The number of fused-ring (bicyclic) bond motifs is 1. The Bertz CT molecular complexity index is 415. The monoisotopic (exact) mass is 259 g/mol. The molecule has 0 spiro atoms. The minimum Gasteiger partial charge on any atom is -0.493 e. The van der Waals surface area contributed by atoms with Gasteiger partial charge in [-0.2, -0.15) is 0 Å². The molecule has 2 aliphatic heterocycles. The van der Waals surface area contributed by atoms with Crippen molar-refractivity contribution >= 4 is 0 Å². The van der Waals surface area contributed by atoms with Crippen LogP contribution in [0.25, 0.3) is 0 Å². The van der Waals surface area contributed by atoms with E-state index in [1.165, 1.54) is 50.8 Å². The maximum atomic E-state index is 6.10. The summed E-state index contributed by atoms with van der Waals surface area (Å²) in [5.74, 6) is 1.80. The third-order valence-corrected chi connectivity index (χ3v) is 4.78. The molecule has 2 fully saturated rings. The number of nitrogens with zero attached hydrogens (tertiary/aromatic N) is 1. The Morgan fingerprint density at radius 2 is 1.95 bits per heavy atom. The number of hydrogen-bond acceptors (Lipinski definition) is 2. The van der Waals surface area contributed by atoms with Crippen molar-refractivity contribution in [3.8, 4) is 5.75 Å². The molecule has 0 amide bonds. The lowest BCUT2D eigenvalue weighted by Crippen LogP contribution is -2.49. The maximum Gasteiger partial charge on any atom is 0.122 e. The highest BCUT2D eigenvalue weighted by molar-refractivity contribution is 5.31. The molecular weight excluding hydrogens is 234 g/mol. The molecule has 1 aromatic rings. The molecule has 2 atom stereocenters. The minimum atomic E-state index is 0.730. The van der Waals surface area contributed by atoms with Crippen LogP contribution in [0.5, 0.6) is 5.75 Å². The molecule has 2 saturated heterocycles. The van der Waals surface area contributed by atoms with Crippen LogP contribution >= 0.6 is 0 Å². The molecule has 1 aromatic carbocycles. The maximum absolute atomic E-state index is 6.10. The van der Waals surface area contributed by atoms with E-state index in [-0.39, 0.29) is 0 Å². The van der Waals surface area contributed by atoms with Crippen molar-refractivity contribution in [3.63, 3.8) is 0 Å². The average molecular weight is 259 g/mol. The summed E-state index contributed by atoms with van der Waals surface area (Å²) in [6.45, 7) is 5.65. The third kappa shape index (κ3) is 2.94. The topological polar surface area (TPSA) is 12.5 Å². The first-order valence-corrected chi connectivity index (χ1v) is 7.77. The van der Waals surface area contributed by atoms with E-state index in [4.69, 9.17) is 4.74 Å². The smallest absolute Gasteiger partial charge is 0.122 e. The van der Waals surface area contributed by atoms with Gasteiger partial charge in [0.1, 0.15) is 5.75 Å². The highest BCUT2D eigenvalue weighted by Gasteiger charge is 2.33. The first kappa shape index (κ1) is 13.0. The molecule has 3 rings (SSSR count). The Kier molecular flexibility index (Phi) is 4.07. The predicted molar refractivity (Wildman–Crippen MR) is 78.6 cm³/mol. The van der Waals surface area contributed by atoms with Crippen LogP contribution in [0.4, 0.5) is 0 Å². The molecule has 2 aliphatic rings. The quantitative estimate of drug-likeness (QED) is 0.821. The van der Waals surface area contributed by atoms with Crippen molar-refractivity contribution in [1.29, 1.82) is 0 Å². The van der Waals surface area contributed by atoms with Gasteiger partial charge in [0.2, 0.25) is 0 Å². The van der Waals surface area contributed by atoms with Crippen molar-refractivity contribution in [2.75, 3.05) is 19.7 Å². The van der Waals surface area contributed by atoms with Gasteiger partial charge < -0.3 is 4.74 Å². The van der Waals surface area contributed by atoms with Crippen LogP contribution in [0, 0.1) is 12.8 Å². The molecule has 0 unspecified atom stereocenters. The van der Waals surface area contributed by atoms with E-state index >= 15 is 0 Å². The Morgan fingerprint density at radius 1 is 1.11 bits per heavy atom. The van der Waals surface area contributed by atoms with Crippen LogP contribution in [0.15, 0.2) is 24.3 Å². The largest absolute Gasteiger partial charge is 0.493 e. The fourth-order valence-corrected chi connectivity index (χ4v) is 3.69. The number of aryl methyl sites for hydroxylation is 1. The molecule has 0 aromatic heterocycles. The number of hydrogen-bond donors (Lipinski definition) is 0. The zero-order valence-corrected chi connectivity index (χ0v) is 12.0. The van der Waals surface area contributed by atoms with E-state index in [0.29, 0.717) is 0 Å². The number of para-hydroxylation sites is 1. The van der Waals surface area contributed by atoms with Crippen molar-refractivity contribution in [1.82, 2.24) is 4.90 Å². The van der Waals surface area contributed by atoms with Crippen LogP contribution in [-0.2, 0) is 0 Å². The summed E-state index contributed by atoms with van der Waals surface area (Å²) in [6.07, 6.45) is 6.86. The van der Waals surface area contributed by atoms with E-state index in [1.807, 2.05) is 0 Å². The highest BCUT2D eigenvalue weighted by Crippen LogP contribution is 2.31. The second-order valence-electron chi connectivity index (χ2n) is 6.08. The summed E-state index contributed by atoms with van der Waals surface area (Å²) >= 11 is 0. The molecule has 0 N–H and O–H groups in total. The van der Waals surface area contributed by atoms with E-state index in [9.17, 15) is 0 Å². The molecule has 0 aliphatic carbocycles. The summed E-state index contributed by atoms with van der Waals surface area (Å²) in [7, 11) is 0. The number of ether oxygens (including phenoxy) is 1. The SMILES string of the molecule is Cc1ccccc1OC[C@@H]1CCCN2CCCC[C@H]12.